The number of amides is 1. The summed E-state index contributed by atoms with van der Waals surface area (Å²) in [7, 11) is 0. The number of rotatable bonds is 5. The van der Waals surface area contributed by atoms with E-state index in [1.54, 1.807) is 10.8 Å². The summed E-state index contributed by atoms with van der Waals surface area (Å²) in [5.41, 5.74) is 0.666. The van der Waals surface area contributed by atoms with E-state index in [1.807, 2.05) is 43.3 Å². The maximum Gasteiger partial charge on any atom is 0.322 e. The number of pyridine rings is 1. The highest BCUT2D eigenvalue weighted by molar-refractivity contribution is 6.36. The van der Waals surface area contributed by atoms with Crippen LogP contribution in [0.1, 0.15) is 34.7 Å². The number of benzene rings is 1. The third-order valence-corrected chi connectivity index (χ3v) is 4.60. The van der Waals surface area contributed by atoms with E-state index in [0.29, 0.717) is 0 Å². The molecule has 1 aromatic carbocycles. The lowest BCUT2D eigenvalue weighted by molar-refractivity contribution is -0.135. The highest BCUT2D eigenvalue weighted by atomic mass is 35.5. The van der Waals surface area contributed by atoms with E-state index in [2.05, 4.69) is 10.3 Å². The Balaban J connectivity index is 2.19. The number of carbonyl (C=O) groups excluding carboxylic acids is 1. The second-order valence-electron chi connectivity index (χ2n) is 6.04. The van der Waals surface area contributed by atoms with Crippen LogP contribution in [0.2, 0.25) is 5.02 Å². The molecule has 2 heterocycles. The minimum absolute atomic E-state index is 0.108. The molecule has 28 heavy (non-hydrogen) atoms. The Kier molecular flexibility index (Phi) is 5.20. The third-order valence-electron chi connectivity index (χ3n) is 4.32. The lowest BCUT2D eigenvalue weighted by Gasteiger charge is -2.16. The van der Waals surface area contributed by atoms with Crippen molar-refractivity contribution in [2.75, 3.05) is 6.54 Å². The zero-order chi connectivity index (χ0) is 20.4. The van der Waals surface area contributed by atoms with Crippen LogP contribution in [0.25, 0.3) is 10.9 Å². The first-order valence-electron chi connectivity index (χ1n) is 8.23. The minimum Gasteiger partial charge on any atom is -0.505 e. The van der Waals surface area contributed by atoms with Crippen LogP contribution in [0.4, 0.5) is 0 Å². The molecule has 3 rings (SSSR count). The molecular formula is C19H15ClN4O4. The molecule has 1 unspecified atom stereocenters. The van der Waals surface area contributed by atoms with Gasteiger partial charge < -0.3 is 20.1 Å². The van der Waals surface area contributed by atoms with Crippen molar-refractivity contribution < 1.29 is 19.8 Å². The van der Waals surface area contributed by atoms with Crippen LogP contribution in [0, 0.1) is 11.3 Å². The number of nitrogens with zero attached hydrogens (tertiary/aromatic N) is 3. The van der Waals surface area contributed by atoms with E-state index < -0.39 is 29.9 Å². The van der Waals surface area contributed by atoms with Gasteiger partial charge in [-0.2, -0.15) is 5.26 Å². The highest BCUT2D eigenvalue weighted by Crippen LogP contribution is 2.39. The molecule has 3 aromatic rings. The van der Waals surface area contributed by atoms with E-state index in [4.69, 9.17) is 16.7 Å². The first kappa shape index (κ1) is 19.2. The summed E-state index contributed by atoms with van der Waals surface area (Å²) in [6.07, 6.45) is 1.56. The summed E-state index contributed by atoms with van der Waals surface area (Å²) in [6.45, 7) is 1.25. The topological polar surface area (TPSA) is 128 Å². The predicted octanol–water partition coefficient (Wildman–Crippen LogP) is 2.69. The van der Waals surface area contributed by atoms with Crippen molar-refractivity contribution in [3.63, 3.8) is 0 Å². The van der Waals surface area contributed by atoms with Gasteiger partial charge in [-0.05, 0) is 12.5 Å². The molecule has 0 saturated carbocycles. The maximum absolute atomic E-state index is 12.2. The van der Waals surface area contributed by atoms with Gasteiger partial charge in [0.15, 0.2) is 17.1 Å². The van der Waals surface area contributed by atoms with Crippen molar-refractivity contribution in [1.82, 2.24) is 14.9 Å². The third kappa shape index (κ3) is 3.35. The van der Waals surface area contributed by atoms with Gasteiger partial charge in [0.25, 0.3) is 5.91 Å². The number of fused-ring (bicyclic) bond motifs is 1. The molecule has 3 N–H and O–H groups in total. The fourth-order valence-electron chi connectivity index (χ4n) is 2.97. The molecule has 0 aliphatic carbocycles. The normalized spacial score (nSPS) is 11.8. The van der Waals surface area contributed by atoms with Crippen molar-refractivity contribution in [3.05, 3.63) is 58.5 Å². The van der Waals surface area contributed by atoms with Crippen molar-refractivity contribution in [2.24, 2.45) is 0 Å². The van der Waals surface area contributed by atoms with Crippen molar-refractivity contribution in [2.45, 2.75) is 13.0 Å². The largest absolute Gasteiger partial charge is 0.505 e. The molecule has 0 aliphatic heterocycles. The zero-order valence-corrected chi connectivity index (χ0v) is 15.4. The molecule has 1 amide bonds. The average Bonchev–Trinajstić information content (AvgIpc) is 3.04. The number of carboxylic acids is 1. The van der Waals surface area contributed by atoms with E-state index in [9.17, 15) is 20.0 Å². The van der Waals surface area contributed by atoms with E-state index >= 15 is 0 Å². The molecular weight excluding hydrogens is 384 g/mol. The van der Waals surface area contributed by atoms with Gasteiger partial charge in [0.2, 0.25) is 0 Å². The number of hydrogen-bond donors (Lipinski definition) is 3. The Morgan fingerprint density at radius 1 is 1.36 bits per heavy atom. The predicted molar refractivity (Wildman–Crippen MR) is 101 cm³/mol. The number of nitriles is 1. The summed E-state index contributed by atoms with van der Waals surface area (Å²) in [5.74, 6) is -2.69. The van der Waals surface area contributed by atoms with Gasteiger partial charge in [-0.1, -0.05) is 41.9 Å². The monoisotopic (exact) mass is 398 g/mol. The number of nitrogens with one attached hydrogen (secondary N) is 1. The second kappa shape index (κ2) is 7.58. The van der Waals surface area contributed by atoms with E-state index in [1.165, 1.54) is 0 Å². The Bertz CT molecular complexity index is 1120. The van der Waals surface area contributed by atoms with Gasteiger partial charge in [-0.25, -0.2) is 4.98 Å². The van der Waals surface area contributed by atoms with E-state index in [-0.39, 0.29) is 27.7 Å². The highest BCUT2D eigenvalue weighted by Gasteiger charge is 2.26. The number of aromatic hydroxyl groups is 1. The Morgan fingerprint density at radius 3 is 2.64 bits per heavy atom. The zero-order valence-electron chi connectivity index (χ0n) is 14.7. The molecule has 1 atom stereocenters. The van der Waals surface area contributed by atoms with Crippen molar-refractivity contribution in [1.29, 1.82) is 5.26 Å². The Morgan fingerprint density at radius 2 is 2.04 bits per heavy atom. The molecule has 0 bridgehead atoms. The Labute approximate surface area is 164 Å². The lowest BCUT2D eigenvalue weighted by Crippen LogP contribution is -2.30. The van der Waals surface area contributed by atoms with Crippen molar-refractivity contribution >= 4 is 34.4 Å². The number of aliphatic carboxylic acids is 1. The van der Waals surface area contributed by atoms with Crippen LogP contribution in [-0.4, -0.2) is 38.2 Å². The standard InChI is InChI=1S/C19H15ClN4O4/c1-10(11-5-3-2-4-6-11)24-9-12(20)15-17(24)13(7-21)23-16(18(15)27)19(28)22-8-14(25)26/h2-6,9-10,27H,8H2,1H3,(H,22,28)(H,25,26). The van der Waals surface area contributed by atoms with Gasteiger partial charge in [-0.3, -0.25) is 9.59 Å². The number of carbonyl (C=O) groups is 2. The van der Waals surface area contributed by atoms with Crippen LogP contribution in [0.3, 0.4) is 0 Å². The van der Waals surface area contributed by atoms with E-state index in [0.717, 1.165) is 5.56 Å². The molecule has 0 radical (unpaired) electrons. The van der Waals surface area contributed by atoms with Crippen LogP contribution in [0.15, 0.2) is 36.5 Å². The van der Waals surface area contributed by atoms with Gasteiger partial charge in [-0.15, -0.1) is 0 Å². The summed E-state index contributed by atoms with van der Waals surface area (Å²) in [6, 6.07) is 11.2. The molecule has 0 spiro atoms. The number of carboxylic acid groups (broad SMARTS) is 1. The summed E-state index contributed by atoms with van der Waals surface area (Å²) in [4.78, 5) is 26.8. The van der Waals surface area contributed by atoms with Gasteiger partial charge in [0.1, 0.15) is 12.6 Å². The number of hydrogen-bond acceptors (Lipinski definition) is 5. The van der Waals surface area contributed by atoms with Crippen molar-refractivity contribution in [3.8, 4) is 11.8 Å². The first-order chi connectivity index (χ1) is 13.3. The molecule has 9 heteroatoms. The number of aromatic nitrogens is 2. The SMILES string of the molecule is CC(c1ccccc1)n1cc(Cl)c2c(O)c(C(=O)NCC(=O)O)nc(C#N)c21. The molecule has 0 saturated heterocycles. The van der Waals surface area contributed by atoms with Gasteiger partial charge in [0, 0.05) is 6.20 Å². The van der Waals surface area contributed by atoms with Gasteiger partial charge >= 0.3 is 5.97 Å². The summed E-state index contributed by atoms with van der Waals surface area (Å²) >= 11 is 6.30. The summed E-state index contributed by atoms with van der Waals surface area (Å²) in [5, 5.41) is 31.2. The molecule has 0 aliphatic rings. The first-order valence-corrected chi connectivity index (χ1v) is 8.61. The fraction of sp³-hybridized carbons (Fsp3) is 0.158. The smallest absolute Gasteiger partial charge is 0.322 e. The molecule has 8 nitrogen and oxygen atoms in total. The maximum atomic E-state index is 12.2. The van der Waals surface area contributed by atoms with Crippen LogP contribution in [0.5, 0.6) is 5.75 Å². The Hall–Kier alpha value is -3.57. The summed E-state index contributed by atoms with van der Waals surface area (Å²) < 4.78 is 1.71. The molecule has 142 valence electrons. The average molecular weight is 399 g/mol. The van der Waals surface area contributed by atoms with Crippen LogP contribution < -0.4 is 5.32 Å². The lowest BCUT2D eigenvalue weighted by atomic mass is 10.1. The minimum atomic E-state index is -1.25. The fourth-order valence-corrected chi connectivity index (χ4v) is 3.25. The van der Waals surface area contributed by atoms with Gasteiger partial charge in [0.05, 0.1) is 22.0 Å². The van der Waals surface area contributed by atoms with Crippen LogP contribution in [-0.2, 0) is 4.79 Å². The molecule has 0 fully saturated rings. The number of halogens is 1. The molecule has 2 aromatic heterocycles. The second-order valence-corrected chi connectivity index (χ2v) is 6.45. The quantitative estimate of drug-likeness (QED) is 0.606. The van der Waals surface area contributed by atoms with Crippen LogP contribution >= 0.6 is 11.6 Å².